The lowest BCUT2D eigenvalue weighted by Crippen LogP contribution is -2.29. The zero-order valence-corrected chi connectivity index (χ0v) is 32.0. The number of carbonyl (C=O) groups excluding carboxylic acids is 2. The van der Waals surface area contributed by atoms with E-state index in [-0.39, 0.29) is 64.0 Å². The minimum absolute atomic E-state index is 0.00359. The van der Waals surface area contributed by atoms with Gasteiger partial charge in [0.25, 0.3) is 0 Å². The highest BCUT2D eigenvalue weighted by Gasteiger charge is 2.46. The Bertz CT molecular complexity index is 1860. The molecule has 1 aliphatic carbocycles. The fourth-order valence-electron chi connectivity index (χ4n) is 6.66. The fraction of sp³-hybridized carbons (Fsp3) is 0.333. The molecule has 4 aromatic carbocycles. The van der Waals surface area contributed by atoms with Crippen LogP contribution in [0.2, 0.25) is 0 Å². The van der Waals surface area contributed by atoms with Gasteiger partial charge in [0.1, 0.15) is 50.1 Å². The van der Waals surface area contributed by atoms with Gasteiger partial charge in [0.2, 0.25) is 0 Å². The van der Waals surface area contributed by atoms with E-state index in [0.29, 0.717) is 0 Å². The predicted molar refractivity (Wildman–Crippen MR) is 209 cm³/mol. The number of aryl methyl sites for hydroxylation is 2. The van der Waals surface area contributed by atoms with Crippen LogP contribution in [0.1, 0.15) is 47.2 Å². The van der Waals surface area contributed by atoms with Gasteiger partial charge in [0.15, 0.2) is 0 Å². The molecule has 0 radical (unpaired) electrons. The molecule has 4 aromatic rings. The van der Waals surface area contributed by atoms with E-state index >= 15 is 0 Å². The summed E-state index contributed by atoms with van der Waals surface area (Å²) < 4.78 is 33.3. The Labute approximate surface area is 322 Å². The highest BCUT2D eigenvalue weighted by atomic mass is 16.6. The van der Waals surface area contributed by atoms with Gasteiger partial charge in [0.05, 0.1) is 31.8 Å². The molecule has 0 bridgehead atoms. The maximum atomic E-state index is 11.6. The molecule has 0 amide bonds. The van der Waals surface area contributed by atoms with Crippen molar-refractivity contribution < 1.29 is 48.2 Å². The molecule has 55 heavy (non-hydrogen) atoms. The highest BCUT2D eigenvalue weighted by molar-refractivity contribution is 5.88. The molecule has 0 saturated carbocycles. The third-order valence-electron chi connectivity index (χ3n) is 9.27. The average molecular weight is 751 g/mol. The molecular weight excluding hydrogens is 700 g/mol. The van der Waals surface area contributed by atoms with Crippen LogP contribution in [-0.2, 0) is 34.0 Å². The second-order valence-electron chi connectivity index (χ2n) is 13.7. The van der Waals surface area contributed by atoms with E-state index in [0.717, 1.165) is 33.8 Å². The first-order valence-corrected chi connectivity index (χ1v) is 18.3. The molecule has 0 aromatic heterocycles. The number of rotatable bonds is 20. The van der Waals surface area contributed by atoms with Crippen molar-refractivity contribution >= 4 is 11.9 Å². The minimum Gasteiger partial charge on any atom is -0.491 e. The van der Waals surface area contributed by atoms with E-state index in [1.165, 1.54) is 22.3 Å². The SMILES string of the molecule is C=C(C)C(=O)OCC(O)COCCOc1ccc(C2(c3ccc(OCCOCC(O)COC(=O)C(=C)C)c(C)c3)c3ccccc3-c3ccccc32)cc1C. The summed E-state index contributed by atoms with van der Waals surface area (Å²) >= 11 is 0. The molecule has 0 spiro atoms. The van der Waals surface area contributed by atoms with Crippen LogP contribution < -0.4 is 9.47 Å². The van der Waals surface area contributed by atoms with Crippen molar-refractivity contribution in [3.8, 4) is 22.6 Å². The van der Waals surface area contributed by atoms with Gasteiger partial charge in [-0.2, -0.15) is 0 Å². The third kappa shape index (κ3) is 9.71. The molecule has 0 fully saturated rings. The Hall–Kier alpha value is -5.26. The van der Waals surface area contributed by atoms with Crippen molar-refractivity contribution in [3.63, 3.8) is 0 Å². The van der Waals surface area contributed by atoms with Crippen molar-refractivity contribution in [2.24, 2.45) is 0 Å². The molecule has 10 nitrogen and oxygen atoms in total. The largest absolute Gasteiger partial charge is 0.491 e. The molecule has 0 saturated heterocycles. The molecular formula is C45H50O10. The smallest absolute Gasteiger partial charge is 0.333 e. The standard InChI is InChI=1S/C45H50O10/c1-29(2)43(48)54-27-35(46)25-50-19-21-52-41-17-15-33(23-31(41)5)45(39-13-9-7-11-37(39)38-12-8-10-14-40(38)45)34-16-18-42(32(6)24-34)53-22-20-51-26-36(47)28-55-44(49)30(3)4/h7-18,23-24,35-36,46-47H,1,3,19-22,25-28H2,2,4-6H3. The van der Waals surface area contributed by atoms with Crippen LogP contribution >= 0.6 is 0 Å². The lowest BCUT2D eigenvalue weighted by atomic mass is 9.67. The summed E-state index contributed by atoms with van der Waals surface area (Å²) in [6.07, 6.45) is -1.90. The second-order valence-corrected chi connectivity index (χ2v) is 13.7. The van der Waals surface area contributed by atoms with Crippen LogP contribution in [0.3, 0.4) is 0 Å². The summed E-state index contributed by atoms with van der Waals surface area (Å²) in [5, 5.41) is 20.1. The first-order valence-electron chi connectivity index (χ1n) is 18.3. The van der Waals surface area contributed by atoms with E-state index in [2.05, 4.69) is 86.0 Å². The van der Waals surface area contributed by atoms with Gasteiger partial charge in [-0.15, -0.1) is 0 Å². The first kappa shape index (κ1) is 40.9. The van der Waals surface area contributed by atoms with Crippen LogP contribution in [0.25, 0.3) is 11.1 Å². The summed E-state index contributed by atoms with van der Waals surface area (Å²) in [6.45, 7) is 14.9. The fourth-order valence-corrected chi connectivity index (χ4v) is 6.66. The number of hydrogen-bond acceptors (Lipinski definition) is 10. The van der Waals surface area contributed by atoms with Crippen molar-refractivity contribution in [3.05, 3.63) is 143 Å². The molecule has 290 valence electrons. The Morgan fingerprint density at radius 2 is 1.00 bits per heavy atom. The zero-order valence-electron chi connectivity index (χ0n) is 32.0. The minimum atomic E-state index is -0.950. The quantitative estimate of drug-likeness (QED) is 0.0523. The van der Waals surface area contributed by atoms with Crippen LogP contribution in [-0.4, -0.2) is 87.2 Å². The number of ether oxygens (including phenoxy) is 6. The Morgan fingerprint density at radius 1 is 0.600 bits per heavy atom. The maximum Gasteiger partial charge on any atom is 0.333 e. The molecule has 10 heteroatoms. The topological polar surface area (TPSA) is 130 Å². The average Bonchev–Trinajstić information content (AvgIpc) is 3.47. The van der Waals surface area contributed by atoms with Crippen LogP contribution in [0.5, 0.6) is 11.5 Å². The lowest BCUT2D eigenvalue weighted by molar-refractivity contribution is -0.143. The zero-order chi connectivity index (χ0) is 39.5. The van der Waals surface area contributed by atoms with Gasteiger partial charge in [-0.25, -0.2) is 9.59 Å². The van der Waals surface area contributed by atoms with E-state index < -0.39 is 29.6 Å². The maximum absolute atomic E-state index is 11.6. The Morgan fingerprint density at radius 3 is 1.38 bits per heavy atom. The number of fused-ring (bicyclic) bond motifs is 3. The van der Waals surface area contributed by atoms with Crippen LogP contribution in [0.15, 0.2) is 109 Å². The van der Waals surface area contributed by atoms with E-state index in [1.807, 2.05) is 26.0 Å². The normalized spacial score (nSPS) is 13.6. The molecule has 1 aliphatic rings. The van der Waals surface area contributed by atoms with Crippen LogP contribution in [0.4, 0.5) is 0 Å². The van der Waals surface area contributed by atoms with Crippen molar-refractivity contribution in [1.82, 2.24) is 0 Å². The molecule has 2 unspecified atom stereocenters. The predicted octanol–water partition coefficient (Wildman–Crippen LogP) is 6.42. The van der Waals surface area contributed by atoms with Gasteiger partial charge < -0.3 is 38.6 Å². The molecule has 2 N–H and O–H groups in total. The van der Waals surface area contributed by atoms with Gasteiger partial charge in [-0.05, 0) is 84.3 Å². The number of aliphatic hydroxyl groups excluding tert-OH is 2. The number of benzene rings is 4. The Kier molecular flexibility index (Phi) is 14.0. The summed E-state index contributed by atoms with van der Waals surface area (Å²) in [5.41, 5.74) is 8.72. The summed E-state index contributed by atoms with van der Waals surface area (Å²) in [5.74, 6) is 0.341. The van der Waals surface area contributed by atoms with Gasteiger partial charge in [0, 0.05) is 11.1 Å². The van der Waals surface area contributed by atoms with E-state index in [4.69, 9.17) is 28.4 Å². The van der Waals surface area contributed by atoms with Gasteiger partial charge in [-0.3, -0.25) is 0 Å². The monoisotopic (exact) mass is 750 g/mol. The lowest BCUT2D eigenvalue weighted by Gasteiger charge is -2.34. The summed E-state index contributed by atoms with van der Waals surface area (Å²) in [4.78, 5) is 23.1. The molecule has 5 rings (SSSR count). The van der Waals surface area contributed by atoms with Crippen LogP contribution in [0, 0.1) is 13.8 Å². The van der Waals surface area contributed by atoms with E-state index in [1.54, 1.807) is 13.8 Å². The molecule has 0 heterocycles. The third-order valence-corrected chi connectivity index (χ3v) is 9.27. The number of esters is 2. The van der Waals surface area contributed by atoms with Gasteiger partial charge in [-0.1, -0.05) is 86.0 Å². The molecule has 0 aliphatic heterocycles. The number of aliphatic hydroxyl groups is 2. The first-order chi connectivity index (χ1) is 26.4. The Balaban J connectivity index is 1.30. The molecule has 2 atom stereocenters. The highest BCUT2D eigenvalue weighted by Crippen LogP contribution is 2.56. The summed E-state index contributed by atoms with van der Waals surface area (Å²) in [6, 6.07) is 29.6. The number of carbonyl (C=O) groups is 2. The van der Waals surface area contributed by atoms with Crippen molar-refractivity contribution in [2.75, 3.05) is 52.9 Å². The summed E-state index contributed by atoms with van der Waals surface area (Å²) in [7, 11) is 0. The van der Waals surface area contributed by atoms with E-state index in [9.17, 15) is 19.8 Å². The number of hydrogen-bond donors (Lipinski definition) is 2. The van der Waals surface area contributed by atoms with Crippen molar-refractivity contribution in [2.45, 2.75) is 45.3 Å². The second kappa shape index (κ2) is 18.9. The van der Waals surface area contributed by atoms with Crippen molar-refractivity contribution in [1.29, 1.82) is 0 Å². The van der Waals surface area contributed by atoms with Gasteiger partial charge >= 0.3 is 11.9 Å².